The smallest absolute Gasteiger partial charge is 0.150 e. The molecule has 0 radical (unpaired) electrons. The first-order valence-electron chi connectivity index (χ1n) is 6.70. The van der Waals surface area contributed by atoms with Crippen LogP contribution in [-0.2, 0) is 9.84 Å². The second kappa shape index (κ2) is 4.54. The highest BCUT2D eigenvalue weighted by molar-refractivity contribution is 7.91. The van der Waals surface area contributed by atoms with Crippen LogP contribution in [-0.4, -0.2) is 30.6 Å². The van der Waals surface area contributed by atoms with Crippen molar-refractivity contribution >= 4 is 9.84 Å². The van der Waals surface area contributed by atoms with Gasteiger partial charge >= 0.3 is 0 Å². The lowest BCUT2D eigenvalue weighted by Crippen LogP contribution is -2.41. The van der Waals surface area contributed by atoms with E-state index >= 15 is 0 Å². The summed E-state index contributed by atoms with van der Waals surface area (Å²) in [6.07, 6.45) is 7.99. The van der Waals surface area contributed by atoms with E-state index in [0.29, 0.717) is 12.3 Å². The van der Waals surface area contributed by atoms with E-state index in [-0.39, 0.29) is 11.2 Å². The van der Waals surface area contributed by atoms with Crippen LogP contribution in [0.2, 0.25) is 0 Å². The summed E-state index contributed by atoms with van der Waals surface area (Å²) in [5.41, 5.74) is -0.662. The number of aliphatic hydroxyl groups is 1. The fourth-order valence-electron chi connectivity index (χ4n) is 3.17. The molecule has 0 aromatic carbocycles. The van der Waals surface area contributed by atoms with E-state index in [4.69, 9.17) is 0 Å². The molecular weight excluding hydrogens is 236 g/mol. The van der Waals surface area contributed by atoms with E-state index in [9.17, 15) is 13.5 Å². The summed E-state index contributed by atoms with van der Waals surface area (Å²) in [5.74, 6) is 0.847. The van der Waals surface area contributed by atoms with Gasteiger partial charge in [-0.2, -0.15) is 0 Å². The topological polar surface area (TPSA) is 54.4 Å². The van der Waals surface area contributed by atoms with Gasteiger partial charge in [0.15, 0.2) is 0 Å². The molecule has 3 unspecified atom stereocenters. The second-order valence-corrected chi connectivity index (χ2v) is 8.65. The average molecular weight is 260 g/mol. The third-order valence-corrected chi connectivity index (χ3v) is 6.15. The van der Waals surface area contributed by atoms with E-state index in [1.165, 1.54) is 19.1 Å². The summed E-state index contributed by atoms with van der Waals surface area (Å²) >= 11 is 0. The Balaban J connectivity index is 2.00. The summed E-state index contributed by atoms with van der Waals surface area (Å²) < 4.78 is 23.2. The molecule has 0 spiro atoms. The second-order valence-electron chi connectivity index (χ2n) is 6.32. The van der Waals surface area contributed by atoms with Crippen molar-refractivity contribution in [3.63, 3.8) is 0 Å². The molecule has 3 atom stereocenters. The zero-order chi connectivity index (χ0) is 12.7. The highest BCUT2D eigenvalue weighted by Crippen LogP contribution is 2.43. The number of hydrogen-bond acceptors (Lipinski definition) is 3. The first kappa shape index (κ1) is 13.3. The van der Waals surface area contributed by atoms with Crippen molar-refractivity contribution in [3.05, 3.63) is 0 Å². The molecule has 2 aliphatic rings. The van der Waals surface area contributed by atoms with Gasteiger partial charge in [-0.05, 0) is 44.4 Å². The van der Waals surface area contributed by atoms with Crippen molar-refractivity contribution in [2.24, 2.45) is 11.8 Å². The molecule has 1 N–H and O–H groups in total. The molecule has 0 aromatic heterocycles. The Bertz CT molecular complexity index is 368. The van der Waals surface area contributed by atoms with Gasteiger partial charge in [0, 0.05) is 6.26 Å². The van der Waals surface area contributed by atoms with E-state index in [1.54, 1.807) is 0 Å². The molecule has 2 rings (SSSR count). The van der Waals surface area contributed by atoms with Crippen LogP contribution in [0.5, 0.6) is 0 Å². The van der Waals surface area contributed by atoms with E-state index < -0.39 is 15.4 Å². The van der Waals surface area contributed by atoms with E-state index in [1.807, 2.05) is 6.92 Å². The van der Waals surface area contributed by atoms with Crippen molar-refractivity contribution in [3.8, 4) is 0 Å². The molecule has 0 bridgehead atoms. The van der Waals surface area contributed by atoms with Crippen LogP contribution in [0.1, 0.15) is 51.9 Å². The average Bonchev–Trinajstić information content (AvgIpc) is 3.00. The summed E-state index contributed by atoms with van der Waals surface area (Å²) in [7, 11) is -2.94. The van der Waals surface area contributed by atoms with Crippen molar-refractivity contribution in [1.82, 2.24) is 0 Å². The first-order valence-corrected chi connectivity index (χ1v) is 8.66. The van der Waals surface area contributed by atoms with Gasteiger partial charge in [0.25, 0.3) is 0 Å². The minimum atomic E-state index is -2.94. The standard InChI is InChI=1S/C13H24O3S/c1-13(14,9-10-6-7-10)11-4-3-5-12(8-11)17(2,15)16/h10-12,14H,3-9H2,1-2H3. The van der Waals surface area contributed by atoms with Gasteiger partial charge in [-0.3, -0.25) is 0 Å². The summed E-state index contributed by atoms with van der Waals surface area (Å²) in [5, 5.41) is 10.3. The third-order valence-electron chi connectivity index (χ3n) is 4.51. The maximum atomic E-state index is 11.6. The van der Waals surface area contributed by atoms with Crippen LogP contribution in [0.25, 0.3) is 0 Å². The van der Waals surface area contributed by atoms with E-state index in [0.717, 1.165) is 25.7 Å². The molecule has 2 aliphatic carbocycles. The first-order chi connectivity index (χ1) is 7.79. The Morgan fingerprint density at radius 3 is 2.41 bits per heavy atom. The fourth-order valence-corrected chi connectivity index (χ4v) is 4.35. The lowest BCUT2D eigenvalue weighted by atomic mass is 9.75. The molecule has 3 nitrogen and oxygen atoms in total. The van der Waals surface area contributed by atoms with Gasteiger partial charge in [0.2, 0.25) is 0 Å². The Morgan fingerprint density at radius 1 is 1.24 bits per heavy atom. The Kier molecular flexibility index (Phi) is 3.56. The SMILES string of the molecule is CC(O)(CC1CC1)C1CCCC(S(C)(=O)=O)C1. The van der Waals surface area contributed by atoms with Gasteiger partial charge in [-0.15, -0.1) is 0 Å². The van der Waals surface area contributed by atoms with Crippen molar-refractivity contribution in [2.45, 2.75) is 62.7 Å². The molecule has 0 heterocycles. The Hall–Kier alpha value is -0.0900. The predicted molar refractivity (Wildman–Crippen MR) is 68.6 cm³/mol. The zero-order valence-corrected chi connectivity index (χ0v) is 11.7. The highest BCUT2D eigenvalue weighted by Gasteiger charge is 2.41. The van der Waals surface area contributed by atoms with Crippen LogP contribution in [0, 0.1) is 11.8 Å². The maximum Gasteiger partial charge on any atom is 0.150 e. The number of rotatable bonds is 4. The Labute approximate surface area is 105 Å². The quantitative estimate of drug-likeness (QED) is 0.842. The number of hydrogen-bond donors (Lipinski definition) is 1. The zero-order valence-electron chi connectivity index (χ0n) is 10.9. The fraction of sp³-hybridized carbons (Fsp3) is 1.00. The lowest BCUT2D eigenvalue weighted by molar-refractivity contribution is -0.0272. The van der Waals surface area contributed by atoms with Gasteiger partial charge in [0.05, 0.1) is 10.9 Å². The molecule has 0 saturated heterocycles. The van der Waals surface area contributed by atoms with Gasteiger partial charge in [-0.25, -0.2) is 8.42 Å². The molecule has 100 valence electrons. The van der Waals surface area contributed by atoms with Crippen LogP contribution >= 0.6 is 0 Å². The molecule has 2 saturated carbocycles. The highest BCUT2D eigenvalue weighted by atomic mass is 32.2. The predicted octanol–water partition coefficient (Wildman–Crippen LogP) is 2.14. The van der Waals surface area contributed by atoms with Crippen molar-refractivity contribution in [2.75, 3.05) is 6.26 Å². The monoisotopic (exact) mass is 260 g/mol. The lowest BCUT2D eigenvalue weighted by Gasteiger charge is -2.38. The van der Waals surface area contributed by atoms with Crippen LogP contribution in [0.15, 0.2) is 0 Å². The molecule has 0 aromatic rings. The Morgan fingerprint density at radius 2 is 1.88 bits per heavy atom. The third kappa shape index (κ3) is 3.44. The van der Waals surface area contributed by atoms with Gasteiger partial charge in [0.1, 0.15) is 9.84 Å². The number of sulfone groups is 1. The summed E-state index contributed by atoms with van der Waals surface area (Å²) in [6, 6.07) is 0. The maximum absolute atomic E-state index is 11.6. The van der Waals surface area contributed by atoms with Crippen molar-refractivity contribution < 1.29 is 13.5 Å². The van der Waals surface area contributed by atoms with Crippen LogP contribution < -0.4 is 0 Å². The van der Waals surface area contributed by atoms with Crippen LogP contribution in [0.4, 0.5) is 0 Å². The van der Waals surface area contributed by atoms with Crippen molar-refractivity contribution in [1.29, 1.82) is 0 Å². The van der Waals surface area contributed by atoms with Gasteiger partial charge in [-0.1, -0.05) is 19.3 Å². The normalized spacial score (nSPS) is 34.3. The van der Waals surface area contributed by atoms with Gasteiger partial charge < -0.3 is 5.11 Å². The summed E-state index contributed by atoms with van der Waals surface area (Å²) in [4.78, 5) is 0. The molecule has 2 fully saturated rings. The minimum absolute atomic E-state index is 0.163. The largest absolute Gasteiger partial charge is 0.390 e. The summed E-state index contributed by atoms with van der Waals surface area (Å²) in [6.45, 7) is 1.90. The molecule has 17 heavy (non-hydrogen) atoms. The van der Waals surface area contributed by atoms with Crippen LogP contribution in [0.3, 0.4) is 0 Å². The minimum Gasteiger partial charge on any atom is -0.390 e. The molecule has 0 aliphatic heterocycles. The molecular formula is C13H24O3S. The molecule has 4 heteroatoms. The van der Waals surface area contributed by atoms with E-state index in [2.05, 4.69) is 0 Å². The molecule has 0 amide bonds.